The summed E-state index contributed by atoms with van der Waals surface area (Å²) in [5.74, 6) is 5.18. The first-order valence-corrected chi connectivity index (χ1v) is 30.3. The minimum Gasteiger partial charge on any atom is -0.481 e. The Morgan fingerprint density at radius 3 is 1.34 bits per heavy atom. The van der Waals surface area contributed by atoms with Gasteiger partial charge in [0.25, 0.3) is 0 Å². The van der Waals surface area contributed by atoms with Gasteiger partial charge in [-0.15, -0.1) is 0 Å². The maximum Gasteiger partial charge on any atom is 0.221 e. The summed E-state index contributed by atoms with van der Waals surface area (Å²) >= 11 is 0. The summed E-state index contributed by atoms with van der Waals surface area (Å²) in [6.07, 6.45) is 11.3. The number of benzene rings is 5. The maximum absolute atomic E-state index is 5.29. The zero-order valence-corrected chi connectivity index (χ0v) is 53.6. The van der Waals surface area contributed by atoms with Crippen LogP contribution in [-0.4, -0.2) is 86.9 Å². The Labute approximate surface area is 513 Å². The standard InChI is InChI=1S/C19H25N3.2C15H17NO.2C13H16N2/c1-15(2)16-5-4-6-17(13-16)18-7-8-19(20-14-18)22-11-9-21(3)10-12-22;1-11(2)12-6-4-7-13(10-12)14-8-5-9-16-15(14)17-3;1-11(2)12-5-4-6-13(9-12)14-7-8-16-15(10-14)17-3;1-10(2)11-5-4-6-12(7-11)13-8-14-15(3)9-13;1-10(2)11-5-4-6-12(9-11)13-7-8-14-15(13)3/h4-8,13-15H,9-12H2,1-3H3;2*4-11H,1-3H3;2*4-10H,1-3H3. The second-order valence-corrected chi connectivity index (χ2v) is 23.5. The number of hydrogen-bond acceptors (Lipinski definition) is 9. The van der Waals surface area contributed by atoms with Gasteiger partial charge in [0.1, 0.15) is 5.82 Å². The monoisotopic (exact) mass is 1150 g/mol. The number of hydrogen-bond donors (Lipinski definition) is 0. The summed E-state index contributed by atoms with van der Waals surface area (Å²) in [5.41, 5.74) is 18.6. The van der Waals surface area contributed by atoms with Gasteiger partial charge in [-0.05, 0) is 135 Å². The van der Waals surface area contributed by atoms with Crippen LogP contribution >= 0.6 is 0 Å². The summed E-state index contributed by atoms with van der Waals surface area (Å²) in [5, 5.41) is 8.37. The van der Waals surface area contributed by atoms with E-state index in [1.54, 1.807) is 26.6 Å². The molecule has 10 aromatic rings. The van der Waals surface area contributed by atoms with Gasteiger partial charge in [0.15, 0.2) is 0 Å². The molecule has 0 aliphatic carbocycles. The summed E-state index contributed by atoms with van der Waals surface area (Å²) in [4.78, 5) is 17.8. The molecule has 11 heteroatoms. The molecule has 5 aromatic heterocycles. The molecule has 11 rings (SSSR count). The Morgan fingerprint density at radius 2 is 0.872 bits per heavy atom. The molecule has 1 aliphatic rings. The number of aromatic nitrogens is 7. The van der Waals surface area contributed by atoms with Crippen molar-refractivity contribution in [1.29, 1.82) is 0 Å². The van der Waals surface area contributed by atoms with Crippen LogP contribution in [-0.2, 0) is 14.1 Å². The number of methoxy groups -OCH3 is 2. The van der Waals surface area contributed by atoms with Crippen molar-refractivity contribution >= 4 is 5.82 Å². The van der Waals surface area contributed by atoms with E-state index in [0.29, 0.717) is 41.3 Å². The lowest BCUT2D eigenvalue weighted by Crippen LogP contribution is -2.44. The fourth-order valence-electron chi connectivity index (χ4n) is 9.84. The Balaban J connectivity index is 0.000000155. The van der Waals surface area contributed by atoms with Crippen molar-refractivity contribution in [1.82, 2.24) is 39.4 Å². The number of pyridine rings is 3. The molecule has 0 unspecified atom stereocenters. The van der Waals surface area contributed by atoms with E-state index in [9.17, 15) is 0 Å². The second kappa shape index (κ2) is 32.0. The molecule has 0 saturated carbocycles. The number of anilines is 1. The van der Waals surface area contributed by atoms with Crippen molar-refractivity contribution < 1.29 is 9.47 Å². The number of aryl methyl sites for hydroxylation is 2. The lowest BCUT2D eigenvalue weighted by molar-refractivity contribution is 0.312. The molecular weight excluding hydrogens is 1060 g/mol. The van der Waals surface area contributed by atoms with Gasteiger partial charge in [0.2, 0.25) is 11.8 Å². The minimum atomic E-state index is 0.526. The van der Waals surface area contributed by atoms with Gasteiger partial charge < -0.3 is 19.3 Å². The molecule has 11 nitrogen and oxygen atoms in total. The van der Waals surface area contributed by atoms with Crippen LogP contribution < -0.4 is 14.4 Å². The van der Waals surface area contributed by atoms with Crippen LogP contribution in [0.15, 0.2) is 201 Å². The van der Waals surface area contributed by atoms with E-state index in [-0.39, 0.29) is 0 Å². The Kier molecular flexibility index (Phi) is 24.1. The van der Waals surface area contributed by atoms with Crippen LogP contribution in [0.5, 0.6) is 11.8 Å². The molecule has 1 fully saturated rings. The third-order valence-corrected chi connectivity index (χ3v) is 15.4. The highest BCUT2D eigenvalue weighted by Crippen LogP contribution is 2.31. The van der Waals surface area contributed by atoms with Crippen LogP contribution in [0, 0.1) is 0 Å². The molecule has 0 spiro atoms. The lowest BCUT2D eigenvalue weighted by Gasteiger charge is -2.33. The summed E-state index contributed by atoms with van der Waals surface area (Å²) in [7, 11) is 9.37. The number of ether oxygens (including phenoxy) is 2. The van der Waals surface area contributed by atoms with Crippen molar-refractivity contribution in [3.8, 4) is 67.5 Å². The molecule has 1 aliphatic heterocycles. The van der Waals surface area contributed by atoms with Gasteiger partial charge in [-0.25, -0.2) is 15.0 Å². The van der Waals surface area contributed by atoms with Gasteiger partial charge in [-0.3, -0.25) is 9.36 Å². The van der Waals surface area contributed by atoms with Crippen molar-refractivity contribution in [3.63, 3.8) is 0 Å². The molecule has 0 amide bonds. The molecule has 0 N–H and O–H groups in total. The fraction of sp³-hybridized carbons (Fsp3) is 0.320. The minimum absolute atomic E-state index is 0.526. The van der Waals surface area contributed by atoms with Crippen molar-refractivity contribution in [2.24, 2.45) is 14.1 Å². The third-order valence-electron chi connectivity index (χ3n) is 15.4. The van der Waals surface area contributed by atoms with Gasteiger partial charge in [0.05, 0.1) is 26.1 Å². The average Bonchev–Trinajstić information content (AvgIpc) is 4.09. The molecular formula is C75H91N9O2. The lowest BCUT2D eigenvalue weighted by atomic mass is 9.98. The smallest absolute Gasteiger partial charge is 0.221 e. The summed E-state index contributed by atoms with van der Waals surface area (Å²) in [6, 6.07) is 57.5. The van der Waals surface area contributed by atoms with Crippen LogP contribution in [0.4, 0.5) is 5.82 Å². The number of rotatable bonds is 13. The SMILES string of the molecule is CC(C)c1cccc(-c2ccc(N3CCN(C)CC3)nc2)c1.CC(C)c1cccc(-c2ccnn2C)c1.CC(C)c1cccc(-c2cnn(C)c2)c1.COc1cc(-c2cccc(C(C)C)c2)ccn1.COc1ncccc1-c1cccc(C(C)C)c1. The summed E-state index contributed by atoms with van der Waals surface area (Å²) in [6.45, 7) is 26.4. The molecule has 86 heavy (non-hydrogen) atoms. The topological polar surface area (TPSA) is 99.3 Å². The van der Waals surface area contributed by atoms with Gasteiger partial charge in [0, 0.05) is 99.6 Å². The Hall–Kier alpha value is -8.67. The fourth-order valence-corrected chi connectivity index (χ4v) is 9.84. The molecule has 6 heterocycles. The van der Waals surface area contributed by atoms with Crippen LogP contribution in [0.25, 0.3) is 55.8 Å². The van der Waals surface area contributed by atoms with Gasteiger partial charge in [-0.2, -0.15) is 10.2 Å². The zero-order chi connectivity index (χ0) is 61.7. The van der Waals surface area contributed by atoms with Crippen molar-refractivity contribution in [3.05, 3.63) is 229 Å². The van der Waals surface area contributed by atoms with E-state index in [1.165, 1.54) is 61.2 Å². The highest BCUT2D eigenvalue weighted by atomic mass is 16.5. The van der Waals surface area contributed by atoms with E-state index in [0.717, 1.165) is 54.4 Å². The normalized spacial score (nSPS) is 12.2. The van der Waals surface area contributed by atoms with E-state index in [2.05, 4.69) is 245 Å². The predicted octanol–water partition coefficient (Wildman–Crippen LogP) is 17.8. The first-order chi connectivity index (χ1) is 41.4. The second-order valence-electron chi connectivity index (χ2n) is 23.5. The summed E-state index contributed by atoms with van der Waals surface area (Å²) < 4.78 is 14.2. The molecule has 0 radical (unpaired) electrons. The number of nitrogens with zero attached hydrogens (tertiary/aromatic N) is 9. The molecule has 1 saturated heterocycles. The van der Waals surface area contributed by atoms with E-state index < -0.39 is 0 Å². The maximum atomic E-state index is 5.29. The van der Waals surface area contributed by atoms with Gasteiger partial charge >= 0.3 is 0 Å². The highest BCUT2D eigenvalue weighted by Gasteiger charge is 2.16. The van der Waals surface area contributed by atoms with Gasteiger partial charge in [-0.1, -0.05) is 184 Å². The van der Waals surface area contributed by atoms with Crippen LogP contribution in [0.3, 0.4) is 0 Å². The molecule has 448 valence electrons. The average molecular weight is 1150 g/mol. The van der Waals surface area contributed by atoms with E-state index in [4.69, 9.17) is 9.47 Å². The number of piperazine rings is 1. The Bertz CT molecular complexity index is 3640. The number of likely N-dealkylation sites (N-methyl/N-ethyl adjacent to an activating group) is 1. The third kappa shape index (κ3) is 18.7. The van der Waals surface area contributed by atoms with Crippen LogP contribution in [0.2, 0.25) is 0 Å². The molecule has 0 atom stereocenters. The van der Waals surface area contributed by atoms with Crippen molar-refractivity contribution in [2.45, 2.75) is 98.8 Å². The van der Waals surface area contributed by atoms with Crippen LogP contribution in [0.1, 0.15) is 127 Å². The van der Waals surface area contributed by atoms with Crippen molar-refractivity contribution in [2.75, 3.05) is 52.3 Å². The van der Waals surface area contributed by atoms with E-state index >= 15 is 0 Å². The zero-order valence-electron chi connectivity index (χ0n) is 53.6. The first-order valence-electron chi connectivity index (χ1n) is 30.3. The largest absolute Gasteiger partial charge is 0.481 e. The quantitative estimate of drug-likeness (QED) is 0.112. The predicted molar refractivity (Wildman–Crippen MR) is 360 cm³/mol. The van der Waals surface area contributed by atoms with E-state index in [1.807, 2.05) is 78.6 Å². The molecule has 0 bridgehead atoms. The highest BCUT2D eigenvalue weighted by molar-refractivity contribution is 5.70. The first kappa shape index (κ1) is 64.9. The Morgan fingerprint density at radius 1 is 0.384 bits per heavy atom. The molecule has 5 aromatic carbocycles.